The Labute approximate surface area is 171 Å². The molecule has 7 heteroatoms. The number of hydrogen-bond acceptors (Lipinski definition) is 3. The van der Waals surface area contributed by atoms with Gasteiger partial charge >= 0.3 is 0 Å². The van der Waals surface area contributed by atoms with Crippen LogP contribution in [-0.2, 0) is 6.42 Å². The number of thioether (sulfide) groups is 1. The summed E-state index contributed by atoms with van der Waals surface area (Å²) in [5.41, 5.74) is 0.279. The van der Waals surface area contributed by atoms with Crippen molar-refractivity contribution in [1.29, 1.82) is 0 Å². The lowest BCUT2D eigenvalue weighted by Crippen LogP contribution is -2.53. The summed E-state index contributed by atoms with van der Waals surface area (Å²) in [6.07, 6.45) is 2.60. The fraction of sp³-hybridized carbons (Fsp3) is 0.611. The first-order chi connectivity index (χ1) is 11.6. The van der Waals surface area contributed by atoms with Gasteiger partial charge in [0, 0.05) is 18.3 Å². The molecule has 1 fully saturated rings. The molecule has 3 N–H and O–H groups in total. The van der Waals surface area contributed by atoms with Crippen LogP contribution in [0, 0.1) is 5.82 Å². The smallest absolute Gasteiger partial charge is 0.191 e. The fourth-order valence-electron chi connectivity index (χ4n) is 2.79. The van der Waals surface area contributed by atoms with Gasteiger partial charge in [-0.05, 0) is 49.6 Å². The standard InChI is InChI=1S/C18H28FN3OS.HI/c1-3-20-17(21-11-9-14-6-5-7-15(19)12-14)22-13-18(23)10-8-16(18)24-4-2;/h5-7,12,16,23H,3-4,8-11,13H2,1-2H3,(H2,20,21,22);1H. The summed E-state index contributed by atoms with van der Waals surface area (Å²) in [6.45, 7) is 5.97. The largest absolute Gasteiger partial charge is 0.387 e. The maximum absolute atomic E-state index is 13.2. The van der Waals surface area contributed by atoms with Gasteiger partial charge in [0.2, 0.25) is 0 Å². The molecule has 1 aliphatic carbocycles. The molecule has 2 atom stereocenters. The molecule has 0 aromatic heterocycles. The minimum Gasteiger partial charge on any atom is -0.387 e. The highest BCUT2D eigenvalue weighted by Crippen LogP contribution is 2.41. The second-order valence-corrected chi connectivity index (χ2v) is 7.57. The van der Waals surface area contributed by atoms with E-state index >= 15 is 0 Å². The van der Waals surface area contributed by atoms with Gasteiger partial charge in [-0.1, -0.05) is 19.1 Å². The minimum atomic E-state index is -0.675. The van der Waals surface area contributed by atoms with E-state index in [4.69, 9.17) is 0 Å². The summed E-state index contributed by atoms with van der Waals surface area (Å²) in [7, 11) is 0. The van der Waals surface area contributed by atoms with Crippen molar-refractivity contribution in [2.45, 2.75) is 44.0 Å². The summed E-state index contributed by atoms with van der Waals surface area (Å²) < 4.78 is 13.2. The van der Waals surface area contributed by atoms with Crippen LogP contribution in [-0.4, -0.2) is 47.3 Å². The van der Waals surface area contributed by atoms with Crippen LogP contribution < -0.4 is 10.6 Å². The van der Waals surface area contributed by atoms with Crippen LogP contribution in [0.4, 0.5) is 4.39 Å². The van der Waals surface area contributed by atoms with E-state index in [9.17, 15) is 9.50 Å². The first-order valence-electron chi connectivity index (χ1n) is 8.68. The van der Waals surface area contributed by atoms with E-state index in [1.54, 1.807) is 12.1 Å². The van der Waals surface area contributed by atoms with Gasteiger partial charge in [0.25, 0.3) is 0 Å². The van der Waals surface area contributed by atoms with E-state index in [2.05, 4.69) is 22.5 Å². The van der Waals surface area contributed by atoms with Crippen molar-refractivity contribution >= 4 is 41.7 Å². The van der Waals surface area contributed by atoms with Crippen LogP contribution >= 0.6 is 35.7 Å². The highest BCUT2D eigenvalue weighted by atomic mass is 127. The summed E-state index contributed by atoms with van der Waals surface area (Å²) >= 11 is 1.81. The third-order valence-corrected chi connectivity index (χ3v) is 5.67. The molecule has 1 aromatic rings. The minimum absolute atomic E-state index is 0. The average molecular weight is 481 g/mol. The molecule has 0 heterocycles. The molecule has 1 aromatic carbocycles. The van der Waals surface area contributed by atoms with Crippen molar-refractivity contribution in [1.82, 2.24) is 10.6 Å². The van der Waals surface area contributed by atoms with Crippen molar-refractivity contribution in [3.05, 3.63) is 35.6 Å². The summed E-state index contributed by atoms with van der Waals surface area (Å²) in [5.74, 6) is 1.51. The number of nitrogens with one attached hydrogen (secondary N) is 2. The molecule has 1 aliphatic rings. The monoisotopic (exact) mass is 481 g/mol. The molecule has 4 nitrogen and oxygen atoms in total. The first kappa shape index (κ1) is 22.5. The van der Waals surface area contributed by atoms with Crippen molar-refractivity contribution in [2.24, 2.45) is 4.99 Å². The predicted molar refractivity (Wildman–Crippen MR) is 116 cm³/mol. The molecule has 0 bridgehead atoms. The van der Waals surface area contributed by atoms with Crippen molar-refractivity contribution < 1.29 is 9.50 Å². The Balaban J connectivity index is 0.00000312. The lowest BCUT2D eigenvalue weighted by molar-refractivity contribution is -0.0154. The Morgan fingerprint density at radius 2 is 2.20 bits per heavy atom. The number of aliphatic hydroxyl groups is 1. The van der Waals surface area contributed by atoms with Crippen LogP contribution in [0.5, 0.6) is 0 Å². The highest BCUT2D eigenvalue weighted by Gasteiger charge is 2.45. The maximum Gasteiger partial charge on any atom is 0.191 e. The molecule has 0 radical (unpaired) electrons. The third-order valence-electron chi connectivity index (χ3n) is 4.26. The van der Waals surface area contributed by atoms with Crippen molar-refractivity contribution in [3.8, 4) is 0 Å². The molecule has 0 aliphatic heterocycles. The predicted octanol–water partition coefficient (Wildman–Crippen LogP) is 3.19. The lowest BCUT2D eigenvalue weighted by Gasteiger charge is -2.44. The number of hydrogen-bond donors (Lipinski definition) is 3. The van der Waals surface area contributed by atoms with Crippen LogP contribution in [0.3, 0.4) is 0 Å². The number of nitrogens with zero attached hydrogens (tertiary/aromatic N) is 1. The number of rotatable bonds is 8. The molecule has 0 amide bonds. The van der Waals surface area contributed by atoms with E-state index in [0.717, 1.165) is 37.1 Å². The van der Waals surface area contributed by atoms with Crippen LogP contribution in [0.2, 0.25) is 0 Å². The zero-order valence-corrected chi connectivity index (χ0v) is 18.1. The Bertz CT molecular complexity index is 561. The summed E-state index contributed by atoms with van der Waals surface area (Å²) in [5, 5.41) is 17.4. The van der Waals surface area contributed by atoms with E-state index < -0.39 is 5.60 Å². The zero-order chi connectivity index (χ0) is 17.4. The van der Waals surface area contributed by atoms with Gasteiger partial charge in [-0.25, -0.2) is 4.39 Å². The average Bonchev–Trinajstić information content (AvgIpc) is 2.56. The molecule has 0 saturated heterocycles. The van der Waals surface area contributed by atoms with Gasteiger partial charge in [-0.2, -0.15) is 11.8 Å². The number of benzene rings is 1. The Morgan fingerprint density at radius 1 is 1.40 bits per heavy atom. The lowest BCUT2D eigenvalue weighted by atomic mass is 9.79. The maximum atomic E-state index is 13.2. The second kappa shape index (κ2) is 11.2. The quantitative estimate of drug-likeness (QED) is 0.303. The van der Waals surface area contributed by atoms with Gasteiger partial charge < -0.3 is 15.7 Å². The SMILES string of the molecule is CCNC(=NCC1(O)CCC1SCC)NCCc1cccc(F)c1.I. The normalized spacial score (nSPS) is 22.7. The number of halogens is 2. The molecule has 2 rings (SSSR count). The summed E-state index contributed by atoms with van der Waals surface area (Å²) in [4.78, 5) is 4.55. The third kappa shape index (κ3) is 6.94. The Hall–Kier alpha value is -0.540. The molecule has 0 spiro atoms. The molecule has 25 heavy (non-hydrogen) atoms. The van der Waals surface area contributed by atoms with Gasteiger partial charge in [0.05, 0.1) is 12.1 Å². The highest BCUT2D eigenvalue weighted by molar-refractivity contribution is 14.0. The molecule has 2 unspecified atom stereocenters. The van der Waals surface area contributed by atoms with Crippen LogP contribution in [0.1, 0.15) is 32.3 Å². The number of guanidine groups is 1. The van der Waals surface area contributed by atoms with Gasteiger partial charge in [0.15, 0.2) is 5.96 Å². The van der Waals surface area contributed by atoms with Gasteiger partial charge in [0.1, 0.15) is 5.82 Å². The Kier molecular flexibility index (Phi) is 10.1. The van der Waals surface area contributed by atoms with E-state index in [1.165, 1.54) is 6.07 Å². The fourth-order valence-corrected chi connectivity index (χ4v) is 3.98. The van der Waals surface area contributed by atoms with E-state index in [-0.39, 0.29) is 29.8 Å². The van der Waals surface area contributed by atoms with Gasteiger partial charge in [-0.3, -0.25) is 4.99 Å². The molecule has 1 saturated carbocycles. The van der Waals surface area contributed by atoms with E-state index in [0.29, 0.717) is 24.3 Å². The number of aliphatic imine (C=N–C) groups is 1. The van der Waals surface area contributed by atoms with Crippen molar-refractivity contribution in [3.63, 3.8) is 0 Å². The first-order valence-corrected chi connectivity index (χ1v) is 9.73. The van der Waals surface area contributed by atoms with Crippen molar-refractivity contribution in [2.75, 3.05) is 25.4 Å². The second-order valence-electron chi connectivity index (χ2n) is 6.09. The Morgan fingerprint density at radius 3 is 2.80 bits per heavy atom. The summed E-state index contributed by atoms with van der Waals surface area (Å²) in [6, 6.07) is 6.64. The molecular formula is C18H29FIN3OS. The topological polar surface area (TPSA) is 56.7 Å². The molecule has 142 valence electrons. The van der Waals surface area contributed by atoms with Crippen LogP contribution in [0.25, 0.3) is 0 Å². The van der Waals surface area contributed by atoms with E-state index in [1.807, 2.05) is 24.8 Å². The zero-order valence-electron chi connectivity index (χ0n) is 14.9. The van der Waals surface area contributed by atoms with Crippen LogP contribution in [0.15, 0.2) is 29.3 Å². The van der Waals surface area contributed by atoms with Gasteiger partial charge in [-0.15, -0.1) is 24.0 Å². The molecular weight excluding hydrogens is 452 g/mol.